The first-order valence-electron chi connectivity index (χ1n) is 16.4. The van der Waals surface area contributed by atoms with E-state index in [1.54, 1.807) is 0 Å². The molecule has 0 saturated heterocycles. The van der Waals surface area contributed by atoms with Crippen molar-refractivity contribution in [1.82, 2.24) is 0 Å². The summed E-state index contributed by atoms with van der Waals surface area (Å²) in [5, 5.41) is 4.61. The van der Waals surface area contributed by atoms with Crippen LogP contribution in [0.15, 0.2) is 192 Å². The highest BCUT2D eigenvalue weighted by atomic mass is 16.3. The second-order valence-electron chi connectivity index (χ2n) is 12.1. The van der Waals surface area contributed by atoms with Gasteiger partial charge in [0.05, 0.1) is 11.4 Å². The van der Waals surface area contributed by atoms with Crippen LogP contribution in [0.4, 0.5) is 17.1 Å². The van der Waals surface area contributed by atoms with Gasteiger partial charge in [-0.05, 0) is 68.9 Å². The molecule has 0 bridgehead atoms. The molecule has 0 aliphatic heterocycles. The fourth-order valence-electron chi connectivity index (χ4n) is 7.07. The van der Waals surface area contributed by atoms with Gasteiger partial charge in [-0.2, -0.15) is 0 Å². The molecule has 0 atom stereocenters. The Morgan fingerprint density at radius 1 is 0.354 bits per heavy atom. The maximum atomic E-state index is 6.66. The molecule has 0 N–H and O–H groups in total. The molecular formula is C46H31NO. The number of fused-ring (bicyclic) bond motifs is 4. The van der Waals surface area contributed by atoms with E-state index in [2.05, 4.69) is 181 Å². The van der Waals surface area contributed by atoms with Crippen molar-refractivity contribution in [2.24, 2.45) is 0 Å². The van der Waals surface area contributed by atoms with Crippen LogP contribution in [0, 0.1) is 0 Å². The first-order valence-corrected chi connectivity index (χ1v) is 16.4. The monoisotopic (exact) mass is 613 g/mol. The van der Waals surface area contributed by atoms with Crippen LogP contribution >= 0.6 is 0 Å². The molecule has 0 aliphatic carbocycles. The van der Waals surface area contributed by atoms with Crippen molar-refractivity contribution < 1.29 is 4.42 Å². The predicted molar refractivity (Wildman–Crippen MR) is 202 cm³/mol. The molecule has 0 amide bonds. The van der Waals surface area contributed by atoms with Gasteiger partial charge in [-0.15, -0.1) is 0 Å². The Hall–Kier alpha value is -6.38. The van der Waals surface area contributed by atoms with E-state index in [9.17, 15) is 0 Å². The Balaban J connectivity index is 1.31. The lowest BCUT2D eigenvalue weighted by Crippen LogP contribution is -2.11. The van der Waals surface area contributed by atoms with Gasteiger partial charge in [0, 0.05) is 22.0 Å². The van der Waals surface area contributed by atoms with Crippen LogP contribution in [0.25, 0.3) is 66.1 Å². The zero-order chi connectivity index (χ0) is 31.9. The quantitative estimate of drug-likeness (QED) is 0.185. The van der Waals surface area contributed by atoms with Crippen LogP contribution < -0.4 is 4.90 Å². The summed E-state index contributed by atoms with van der Waals surface area (Å²) >= 11 is 0. The lowest BCUT2D eigenvalue weighted by atomic mass is 9.88. The minimum atomic E-state index is 0.865. The van der Waals surface area contributed by atoms with Crippen LogP contribution in [0.3, 0.4) is 0 Å². The number of nitrogens with zero attached hydrogens (tertiary/aromatic N) is 1. The molecular weight excluding hydrogens is 583 g/mol. The molecule has 9 rings (SSSR count). The highest BCUT2D eigenvalue weighted by Crippen LogP contribution is 2.47. The lowest BCUT2D eigenvalue weighted by Gasteiger charge is -2.29. The van der Waals surface area contributed by atoms with Crippen LogP contribution in [0.5, 0.6) is 0 Å². The fraction of sp³-hybridized carbons (Fsp3) is 0. The van der Waals surface area contributed by atoms with E-state index in [4.69, 9.17) is 4.42 Å². The minimum absolute atomic E-state index is 0.865. The van der Waals surface area contributed by atoms with E-state index in [1.165, 1.54) is 38.6 Å². The normalized spacial score (nSPS) is 11.3. The second-order valence-corrected chi connectivity index (χ2v) is 12.1. The van der Waals surface area contributed by atoms with Crippen LogP contribution in [-0.4, -0.2) is 0 Å². The third-order valence-corrected chi connectivity index (χ3v) is 9.28. The first kappa shape index (κ1) is 27.9. The molecule has 0 unspecified atom stereocenters. The maximum absolute atomic E-state index is 6.66. The summed E-state index contributed by atoms with van der Waals surface area (Å²) in [5.74, 6) is 0. The second kappa shape index (κ2) is 11.8. The first-order chi connectivity index (χ1) is 23.8. The molecule has 0 fully saturated rings. The minimum Gasteiger partial charge on any atom is -0.454 e. The van der Waals surface area contributed by atoms with E-state index in [1.807, 2.05) is 12.1 Å². The number of anilines is 3. The van der Waals surface area contributed by atoms with Gasteiger partial charge in [-0.25, -0.2) is 0 Å². The Morgan fingerprint density at radius 3 is 1.73 bits per heavy atom. The van der Waals surface area contributed by atoms with Crippen molar-refractivity contribution in [2.45, 2.75) is 0 Å². The van der Waals surface area contributed by atoms with Gasteiger partial charge in [0.2, 0.25) is 0 Å². The predicted octanol–water partition coefficient (Wildman–Crippen LogP) is 13.2. The van der Waals surface area contributed by atoms with Crippen molar-refractivity contribution in [3.8, 4) is 33.4 Å². The zero-order valence-corrected chi connectivity index (χ0v) is 26.3. The standard InChI is InChI=1S/C46H31NO/c1-2-16-33(17-3-1)36-19-6-7-20-37(36)38-21-8-9-22-39(38)40-23-10-12-26-43(40)47(35-30-29-32-15-4-5-18-34(32)31-35)44-27-14-25-42-41-24-11-13-28-45(41)48-46(42)44/h1-31H. The molecule has 2 heteroatoms. The Labute approximate surface area is 279 Å². The molecule has 2 nitrogen and oxygen atoms in total. The fourth-order valence-corrected chi connectivity index (χ4v) is 7.07. The number of rotatable bonds is 6. The SMILES string of the molecule is c1ccc(-c2ccccc2-c2ccccc2-c2ccccc2N(c2ccc3ccccc3c2)c2cccc3c2oc2ccccc23)cc1. The highest BCUT2D eigenvalue weighted by molar-refractivity contribution is 6.11. The van der Waals surface area contributed by atoms with Crippen molar-refractivity contribution in [3.63, 3.8) is 0 Å². The van der Waals surface area contributed by atoms with E-state index in [0.29, 0.717) is 0 Å². The molecule has 0 spiro atoms. The largest absolute Gasteiger partial charge is 0.454 e. The number of hydrogen-bond acceptors (Lipinski definition) is 2. The van der Waals surface area contributed by atoms with Crippen molar-refractivity contribution >= 4 is 49.8 Å². The topological polar surface area (TPSA) is 16.4 Å². The van der Waals surface area contributed by atoms with Gasteiger partial charge in [-0.1, -0.05) is 158 Å². The van der Waals surface area contributed by atoms with Gasteiger partial charge >= 0.3 is 0 Å². The Morgan fingerprint density at radius 2 is 0.917 bits per heavy atom. The van der Waals surface area contributed by atoms with Crippen molar-refractivity contribution in [2.75, 3.05) is 4.90 Å². The van der Waals surface area contributed by atoms with E-state index in [-0.39, 0.29) is 0 Å². The summed E-state index contributed by atoms with van der Waals surface area (Å²) in [6.07, 6.45) is 0. The van der Waals surface area contributed by atoms with Crippen LogP contribution in [0.2, 0.25) is 0 Å². The summed E-state index contributed by atoms with van der Waals surface area (Å²) in [6, 6.07) is 66.9. The van der Waals surface area contributed by atoms with E-state index < -0.39 is 0 Å². The molecule has 1 aromatic heterocycles. The molecule has 0 aliphatic rings. The summed E-state index contributed by atoms with van der Waals surface area (Å²) in [6.45, 7) is 0. The summed E-state index contributed by atoms with van der Waals surface area (Å²) < 4.78 is 6.66. The molecule has 226 valence electrons. The summed E-state index contributed by atoms with van der Waals surface area (Å²) in [5.41, 5.74) is 12.0. The zero-order valence-electron chi connectivity index (χ0n) is 26.3. The van der Waals surface area contributed by atoms with Gasteiger partial charge in [0.1, 0.15) is 5.58 Å². The average Bonchev–Trinajstić information content (AvgIpc) is 3.55. The number of para-hydroxylation sites is 3. The van der Waals surface area contributed by atoms with Gasteiger partial charge in [-0.3, -0.25) is 0 Å². The third kappa shape index (κ3) is 4.74. The van der Waals surface area contributed by atoms with E-state index >= 15 is 0 Å². The van der Waals surface area contributed by atoms with Crippen LogP contribution in [-0.2, 0) is 0 Å². The summed E-state index contributed by atoms with van der Waals surface area (Å²) in [7, 11) is 0. The number of hydrogen-bond donors (Lipinski definition) is 0. The Bertz CT molecular complexity index is 2580. The number of benzene rings is 8. The highest BCUT2D eigenvalue weighted by Gasteiger charge is 2.23. The summed E-state index contributed by atoms with van der Waals surface area (Å²) in [4.78, 5) is 2.37. The van der Waals surface area contributed by atoms with Crippen molar-refractivity contribution in [1.29, 1.82) is 0 Å². The molecule has 0 saturated carbocycles. The molecule has 9 aromatic rings. The van der Waals surface area contributed by atoms with Gasteiger partial charge in [0.25, 0.3) is 0 Å². The Kier molecular flexibility index (Phi) is 6.84. The molecule has 1 heterocycles. The number of furan rings is 1. The molecule has 48 heavy (non-hydrogen) atoms. The average molecular weight is 614 g/mol. The lowest BCUT2D eigenvalue weighted by molar-refractivity contribution is 0.669. The maximum Gasteiger partial charge on any atom is 0.159 e. The third-order valence-electron chi connectivity index (χ3n) is 9.28. The van der Waals surface area contributed by atoms with Crippen molar-refractivity contribution in [3.05, 3.63) is 188 Å². The van der Waals surface area contributed by atoms with Gasteiger partial charge < -0.3 is 9.32 Å². The smallest absolute Gasteiger partial charge is 0.159 e. The molecule has 8 aromatic carbocycles. The molecule has 0 radical (unpaired) electrons. The van der Waals surface area contributed by atoms with E-state index in [0.717, 1.165) is 44.6 Å². The van der Waals surface area contributed by atoms with Crippen LogP contribution in [0.1, 0.15) is 0 Å². The van der Waals surface area contributed by atoms with Gasteiger partial charge in [0.15, 0.2) is 5.58 Å².